The highest BCUT2D eigenvalue weighted by atomic mass is 35.5. The van der Waals surface area contributed by atoms with E-state index >= 15 is 0 Å². The number of hydrogen-bond donors (Lipinski definition) is 4. The molecule has 0 fully saturated rings. The predicted octanol–water partition coefficient (Wildman–Crippen LogP) is 0.867. The molecular weight excluding hydrogens is 155 g/mol. The number of rotatable bonds is 0. The van der Waals surface area contributed by atoms with Gasteiger partial charge in [-0.3, -0.25) is 0 Å². The molecule has 0 aliphatic rings. The van der Waals surface area contributed by atoms with Crippen molar-refractivity contribution in [2.45, 2.75) is 0 Å². The molecule has 0 aromatic rings. The van der Waals surface area contributed by atoms with Crippen LogP contribution in [0.15, 0.2) is 0 Å². The van der Waals surface area contributed by atoms with Crippen molar-refractivity contribution in [3.8, 4) is 0 Å². The van der Waals surface area contributed by atoms with Crippen LogP contribution in [0.2, 0.25) is 0 Å². The maximum Gasteiger partial charge on any atom is 0.503 e. The molecule has 0 aliphatic carbocycles. The Bertz CT molecular complexity index is 69.1. The standard InChI is InChI=1S/2CH2O3.ClH/c2*2-1(3)4;/h2*(H2,2,3,4);1H. The van der Waals surface area contributed by atoms with Crippen LogP contribution < -0.4 is 0 Å². The van der Waals surface area contributed by atoms with Gasteiger partial charge in [-0.05, 0) is 0 Å². The Morgan fingerprint density at radius 3 is 0.778 bits per heavy atom. The lowest BCUT2D eigenvalue weighted by Crippen LogP contribution is -1.81. The molecule has 0 saturated carbocycles. The van der Waals surface area contributed by atoms with Crippen molar-refractivity contribution in [1.29, 1.82) is 0 Å². The zero-order chi connectivity index (χ0) is 7.15. The average Bonchev–Trinajstić information content (AvgIpc) is 1.25. The largest absolute Gasteiger partial charge is 0.503 e. The summed E-state index contributed by atoms with van der Waals surface area (Å²) in [6.07, 6.45) is -3.67. The third kappa shape index (κ3) is 116. The summed E-state index contributed by atoms with van der Waals surface area (Å²) in [6.45, 7) is 0. The molecule has 9 heavy (non-hydrogen) atoms. The van der Waals surface area contributed by atoms with E-state index in [9.17, 15) is 0 Å². The van der Waals surface area contributed by atoms with E-state index in [1.54, 1.807) is 0 Å². The minimum absolute atomic E-state index is 0. The second kappa shape index (κ2) is 9.95. The Labute approximate surface area is 55.8 Å². The van der Waals surface area contributed by atoms with E-state index in [2.05, 4.69) is 0 Å². The summed E-state index contributed by atoms with van der Waals surface area (Å²) < 4.78 is 0. The second-order valence-corrected chi connectivity index (χ2v) is 0.565. The topological polar surface area (TPSA) is 115 Å². The van der Waals surface area contributed by atoms with Gasteiger partial charge in [0.2, 0.25) is 0 Å². The second-order valence-electron chi connectivity index (χ2n) is 0.565. The van der Waals surface area contributed by atoms with Crippen molar-refractivity contribution < 1.29 is 30.0 Å². The fourth-order valence-electron chi connectivity index (χ4n) is 0. The molecule has 0 amide bonds. The summed E-state index contributed by atoms with van der Waals surface area (Å²) >= 11 is 0. The minimum atomic E-state index is -1.83. The van der Waals surface area contributed by atoms with Gasteiger partial charge >= 0.3 is 12.3 Å². The van der Waals surface area contributed by atoms with Crippen molar-refractivity contribution in [2.24, 2.45) is 0 Å². The first-order valence-corrected chi connectivity index (χ1v) is 1.30. The summed E-state index contributed by atoms with van der Waals surface area (Å²) in [6, 6.07) is 0. The molecule has 0 spiro atoms. The number of hydrogen-bond acceptors (Lipinski definition) is 2. The molecule has 0 unspecified atom stereocenters. The third-order valence-electron chi connectivity index (χ3n) is 0. The zero-order valence-electron chi connectivity index (χ0n) is 4.01. The summed E-state index contributed by atoms with van der Waals surface area (Å²) in [5.41, 5.74) is 0. The van der Waals surface area contributed by atoms with Crippen LogP contribution in [0.4, 0.5) is 9.59 Å². The first-order valence-electron chi connectivity index (χ1n) is 1.30. The Balaban J connectivity index is -0.0000000720. The maximum atomic E-state index is 8.56. The van der Waals surface area contributed by atoms with Crippen LogP contribution in [0.1, 0.15) is 0 Å². The molecule has 0 aromatic carbocycles. The SMILES string of the molecule is Cl.O=C(O)O.O=C(O)O. The summed E-state index contributed by atoms with van der Waals surface area (Å²) in [5.74, 6) is 0. The molecule has 0 aromatic heterocycles. The van der Waals surface area contributed by atoms with Crippen LogP contribution in [0.25, 0.3) is 0 Å². The highest BCUT2D eigenvalue weighted by molar-refractivity contribution is 5.85. The fraction of sp³-hybridized carbons (Fsp3) is 0. The van der Waals surface area contributed by atoms with Crippen LogP contribution >= 0.6 is 12.4 Å². The monoisotopic (exact) mass is 160 g/mol. The first-order chi connectivity index (χ1) is 3.46. The van der Waals surface area contributed by atoms with Gasteiger partial charge in [-0.15, -0.1) is 12.4 Å². The van der Waals surface area contributed by atoms with Gasteiger partial charge in [-0.2, -0.15) is 0 Å². The van der Waals surface area contributed by atoms with Gasteiger partial charge in [0.25, 0.3) is 0 Å². The Hall–Kier alpha value is -1.17. The molecule has 0 bridgehead atoms. The molecule has 4 N–H and O–H groups in total. The number of carboxylic acid groups (broad SMARTS) is 4. The summed E-state index contributed by atoms with van der Waals surface area (Å²) in [5, 5.41) is 27.9. The first kappa shape index (κ1) is 15.7. The fourth-order valence-corrected chi connectivity index (χ4v) is 0. The molecule has 0 rings (SSSR count). The van der Waals surface area contributed by atoms with E-state index in [0.717, 1.165) is 0 Å². The van der Waals surface area contributed by atoms with Gasteiger partial charge in [0.05, 0.1) is 0 Å². The van der Waals surface area contributed by atoms with Crippen molar-refractivity contribution in [2.75, 3.05) is 0 Å². The van der Waals surface area contributed by atoms with Gasteiger partial charge in [-0.25, -0.2) is 9.59 Å². The minimum Gasteiger partial charge on any atom is -0.450 e. The molecule has 0 aliphatic heterocycles. The molecule has 0 heterocycles. The van der Waals surface area contributed by atoms with Crippen LogP contribution in [0.5, 0.6) is 0 Å². The highest BCUT2D eigenvalue weighted by Gasteiger charge is 1.70. The van der Waals surface area contributed by atoms with Crippen molar-refractivity contribution in [3.63, 3.8) is 0 Å². The van der Waals surface area contributed by atoms with Gasteiger partial charge < -0.3 is 20.4 Å². The molecule has 7 heteroatoms. The van der Waals surface area contributed by atoms with Crippen LogP contribution in [0.3, 0.4) is 0 Å². The third-order valence-corrected chi connectivity index (χ3v) is 0. The van der Waals surface area contributed by atoms with Crippen LogP contribution in [-0.4, -0.2) is 32.7 Å². The quantitative estimate of drug-likeness (QED) is 0.418. The number of carbonyl (C=O) groups is 2. The lowest BCUT2D eigenvalue weighted by Gasteiger charge is -1.60. The summed E-state index contributed by atoms with van der Waals surface area (Å²) in [4.78, 5) is 17.1. The van der Waals surface area contributed by atoms with Crippen LogP contribution in [-0.2, 0) is 0 Å². The zero-order valence-corrected chi connectivity index (χ0v) is 4.83. The highest BCUT2D eigenvalue weighted by Crippen LogP contribution is 1.43. The van der Waals surface area contributed by atoms with Crippen molar-refractivity contribution >= 4 is 24.7 Å². The molecule has 0 atom stereocenters. The lowest BCUT2D eigenvalue weighted by atomic mass is 11.5. The van der Waals surface area contributed by atoms with E-state index in [4.69, 9.17) is 30.0 Å². The molecule has 56 valence electrons. The van der Waals surface area contributed by atoms with E-state index < -0.39 is 12.3 Å². The van der Waals surface area contributed by atoms with Gasteiger partial charge in [0.15, 0.2) is 0 Å². The lowest BCUT2D eigenvalue weighted by molar-refractivity contribution is 0.135. The van der Waals surface area contributed by atoms with Gasteiger partial charge in [0, 0.05) is 0 Å². The Morgan fingerprint density at radius 2 is 0.778 bits per heavy atom. The van der Waals surface area contributed by atoms with Crippen LogP contribution in [0, 0.1) is 0 Å². The van der Waals surface area contributed by atoms with E-state index in [-0.39, 0.29) is 12.4 Å². The maximum absolute atomic E-state index is 8.56. The molecule has 0 saturated heterocycles. The molecule has 6 nitrogen and oxygen atoms in total. The van der Waals surface area contributed by atoms with E-state index in [1.165, 1.54) is 0 Å². The smallest absolute Gasteiger partial charge is 0.450 e. The molecular formula is C2H5ClO6. The average molecular weight is 161 g/mol. The van der Waals surface area contributed by atoms with Crippen molar-refractivity contribution in [1.82, 2.24) is 0 Å². The summed E-state index contributed by atoms with van der Waals surface area (Å²) in [7, 11) is 0. The van der Waals surface area contributed by atoms with Gasteiger partial charge in [-0.1, -0.05) is 0 Å². The van der Waals surface area contributed by atoms with Crippen molar-refractivity contribution in [3.05, 3.63) is 0 Å². The Kier molecular flexibility index (Phi) is 17.3. The Morgan fingerprint density at radius 1 is 0.778 bits per heavy atom. The van der Waals surface area contributed by atoms with Gasteiger partial charge in [0.1, 0.15) is 0 Å². The predicted molar refractivity (Wildman–Crippen MR) is 28.6 cm³/mol. The number of halogens is 1. The van der Waals surface area contributed by atoms with E-state index in [0.29, 0.717) is 0 Å². The normalized spacial score (nSPS) is 5.33. The van der Waals surface area contributed by atoms with E-state index in [1.807, 2.05) is 0 Å². The molecule has 0 radical (unpaired) electrons.